The van der Waals surface area contributed by atoms with Gasteiger partial charge in [-0.15, -0.1) is 0 Å². The summed E-state index contributed by atoms with van der Waals surface area (Å²) in [6.45, 7) is 0.628. The molecule has 0 bridgehead atoms. The van der Waals surface area contributed by atoms with E-state index in [2.05, 4.69) is 15.7 Å². The molecule has 1 aliphatic carbocycles. The highest BCUT2D eigenvalue weighted by molar-refractivity contribution is 5.89. The minimum absolute atomic E-state index is 0.150. The van der Waals surface area contributed by atoms with Crippen molar-refractivity contribution in [2.45, 2.75) is 44.7 Å². The van der Waals surface area contributed by atoms with Crippen LogP contribution in [0.3, 0.4) is 0 Å². The van der Waals surface area contributed by atoms with Gasteiger partial charge in [0.2, 0.25) is 0 Å². The van der Waals surface area contributed by atoms with Crippen molar-refractivity contribution in [3.63, 3.8) is 0 Å². The van der Waals surface area contributed by atoms with Crippen LogP contribution in [0.5, 0.6) is 5.75 Å². The summed E-state index contributed by atoms with van der Waals surface area (Å²) in [6.07, 6.45) is 9.31. The summed E-state index contributed by atoms with van der Waals surface area (Å²) in [4.78, 5) is 12.1. The van der Waals surface area contributed by atoms with Gasteiger partial charge in [0.1, 0.15) is 5.75 Å². The Kier molecular flexibility index (Phi) is 5.36. The molecule has 3 rings (SSSR count). The van der Waals surface area contributed by atoms with E-state index in [4.69, 9.17) is 4.74 Å². The third-order valence-electron chi connectivity index (χ3n) is 4.31. The van der Waals surface area contributed by atoms with Gasteiger partial charge >= 0.3 is 6.03 Å². The van der Waals surface area contributed by atoms with Crippen LogP contribution in [0.4, 0.5) is 10.5 Å². The maximum atomic E-state index is 12.1. The van der Waals surface area contributed by atoms with Crippen LogP contribution in [0.25, 0.3) is 0 Å². The van der Waals surface area contributed by atoms with Gasteiger partial charge in [0, 0.05) is 12.2 Å². The smallest absolute Gasteiger partial charge is 0.319 e. The highest BCUT2D eigenvalue weighted by Crippen LogP contribution is 2.18. The molecule has 0 atom stereocenters. The second-order valence-corrected chi connectivity index (χ2v) is 6.21. The molecule has 2 N–H and O–H groups in total. The Morgan fingerprint density at radius 3 is 2.96 bits per heavy atom. The summed E-state index contributed by atoms with van der Waals surface area (Å²) >= 11 is 0. The van der Waals surface area contributed by atoms with Gasteiger partial charge in [0.25, 0.3) is 0 Å². The molecule has 1 aliphatic rings. The molecule has 1 aromatic heterocycles. The van der Waals surface area contributed by atoms with E-state index in [1.54, 1.807) is 18.0 Å². The Morgan fingerprint density at radius 2 is 2.17 bits per heavy atom. The van der Waals surface area contributed by atoms with E-state index in [1.165, 1.54) is 19.3 Å². The lowest BCUT2D eigenvalue weighted by molar-refractivity contribution is 0.244. The largest absolute Gasteiger partial charge is 0.497 e. The zero-order valence-corrected chi connectivity index (χ0v) is 14.0. The van der Waals surface area contributed by atoms with Crippen LogP contribution in [0.15, 0.2) is 36.7 Å². The van der Waals surface area contributed by atoms with Crippen LogP contribution in [0.2, 0.25) is 0 Å². The topological polar surface area (TPSA) is 68.2 Å². The number of carbonyl (C=O) groups is 1. The fourth-order valence-corrected chi connectivity index (χ4v) is 3.07. The number of amides is 2. The maximum absolute atomic E-state index is 12.1. The summed E-state index contributed by atoms with van der Waals surface area (Å²) in [5, 5.41) is 10.2. The van der Waals surface area contributed by atoms with Crippen LogP contribution < -0.4 is 15.4 Å². The molecular weight excluding hydrogens is 304 g/mol. The van der Waals surface area contributed by atoms with Crippen molar-refractivity contribution in [2.75, 3.05) is 12.4 Å². The monoisotopic (exact) mass is 328 g/mol. The zero-order chi connectivity index (χ0) is 16.8. The molecule has 2 amide bonds. The number of ether oxygens (including phenoxy) is 1. The number of rotatable bonds is 5. The van der Waals surface area contributed by atoms with Crippen molar-refractivity contribution in [1.29, 1.82) is 0 Å². The molecule has 1 aromatic carbocycles. The molecule has 1 saturated carbocycles. The molecular formula is C18H24N4O2. The second kappa shape index (κ2) is 7.86. The van der Waals surface area contributed by atoms with Crippen molar-refractivity contribution in [2.24, 2.45) is 0 Å². The number of urea groups is 1. The van der Waals surface area contributed by atoms with E-state index in [-0.39, 0.29) is 6.03 Å². The molecule has 128 valence electrons. The SMILES string of the molecule is COc1cccc(Cn2cc(NC(=O)NC3CCCCC3)cn2)c1. The first-order chi connectivity index (χ1) is 11.7. The van der Waals surface area contributed by atoms with Gasteiger partial charge in [-0.25, -0.2) is 4.79 Å². The lowest BCUT2D eigenvalue weighted by Crippen LogP contribution is -2.38. The highest BCUT2D eigenvalue weighted by atomic mass is 16.5. The van der Waals surface area contributed by atoms with Gasteiger partial charge in [-0.2, -0.15) is 5.10 Å². The number of benzene rings is 1. The lowest BCUT2D eigenvalue weighted by atomic mass is 9.96. The number of anilines is 1. The van der Waals surface area contributed by atoms with E-state index in [1.807, 2.05) is 30.5 Å². The Labute approximate surface area is 142 Å². The normalized spacial score (nSPS) is 15.0. The van der Waals surface area contributed by atoms with Crippen molar-refractivity contribution < 1.29 is 9.53 Å². The minimum Gasteiger partial charge on any atom is -0.497 e. The Balaban J connectivity index is 1.53. The van der Waals surface area contributed by atoms with Crippen molar-refractivity contribution in [3.05, 3.63) is 42.2 Å². The molecule has 24 heavy (non-hydrogen) atoms. The Morgan fingerprint density at radius 1 is 1.33 bits per heavy atom. The van der Waals surface area contributed by atoms with E-state index in [9.17, 15) is 4.79 Å². The zero-order valence-electron chi connectivity index (χ0n) is 14.0. The van der Waals surface area contributed by atoms with Gasteiger partial charge in [-0.1, -0.05) is 31.4 Å². The van der Waals surface area contributed by atoms with E-state index in [0.717, 1.165) is 24.2 Å². The summed E-state index contributed by atoms with van der Waals surface area (Å²) in [5.41, 5.74) is 1.79. The number of hydrogen-bond acceptors (Lipinski definition) is 3. The fourth-order valence-electron chi connectivity index (χ4n) is 3.07. The summed E-state index contributed by atoms with van der Waals surface area (Å²) < 4.78 is 7.02. The molecule has 0 aliphatic heterocycles. The molecule has 0 unspecified atom stereocenters. The van der Waals surface area contributed by atoms with Gasteiger partial charge in [-0.05, 0) is 30.5 Å². The van der Waals surface area contributed by atoms with Crippen LogP contribution in [0, 0.1) is 0 Å². The lowest BCUT2D eigenvalue weighted by Gasteiger charge is -2.22. The number of nitrogens with one attached hydrogen (secondary N) is 2. The highest BCUT2D eigenvalue weighted by Gasteiger charge is 2.15. The fraction of sp³-hybridized carbons (Fsp3) is 0.444. The van der Waals surface area contributed by atoms with Crippen molar-refractivity contribution >= 4 is 11.7 Å². The van der Waals surface area contributed by atoms with Crippen LogP contribution in [-0.2, 0) is 6.54 Å². The molecule has 6 heteroatoms. The van der Waals surface area contributed by atoms with E-state index < -0.39 is 0 Å². The van der Waals surface area contributed by atoms with E-state index in [0.29, 0.717) is 18.3 Å². The predicted molar refractivity (Wildman–Crippen MR) is 93.4 cm³/mol. The molecule has 6 nitrogen and oxygen atoms in total. The molecule has 2 aromatic rings. The Bertz CT molecular complexity index is 677. The molecule has 1 heterocycles. The van der Waals surface area contributed by atoms with Crippen LogP contribution in [0.1, 0.15) is 37.7 Å². The van der Waals surface area contributed by atoms with Gasteiger partial charge < -0.3 is 15.4 Å². The summed E-state index contributed by atoms with van der Waals surface area (Å²) in [5.74, 6) is 0.824. The van der Waals surface area contributed by atoms with Crippen molar-refractivity contribution in [3.8, 4) is 5.75 Å². The van der Waals surface area contributed by atoms with Gasteiger partial charge in [0.15, 0.2) is 0 Å². The van der Waals surface area contributed by atoms with E-state index >= 15 is 0 Å². The van der Waals surface area contributed by atoms with Crippen molar-refractivity contribution in [1.82, 2.24) is 15.1 Å². The van der Waals surface area contributed by atoms with Gasteiger partial charge in [-0.3, -0.25) is 4.68 Å². The molecule has 0 radical (unpaired) electrons. The third kappa shape index (κ3) is 4.50. The first-order valence-electron chi connectivity index (χ1n) is 8.46. The Hall–Kier alpha value is -2.50. The minimum atomic E-state index is -0.150. The molecule has 1 fully saturated rings. The predicted octanol–water partition coefficient (Wildman–Crippen LogP) is 3.39. The third-order valence-corrected chi connectivity index (χ3v) is 4.31. The second-order valence-electron chi connectivity index (χ2n) is 6.21. The quantitative estimate of drug-likeness (QED) is 0.884. The van der Waals surface area contributed by atoms with Crippen LogP contribution >= 0.6 is 0 Å². The standard InChI is InChI=1S/C18H24N4O2/c1-24-17-9-5-6-14(10-17)12-22-13-16(11-19-22)21-18(23)20-15-7-3-2-4-8-15/h5-6,9-11,13,15H,2-4,7-8,12H2,1H3,(H2,20,21,23). The first-order valence-corrected chi connectivity index (χ1v) is 8.46. The van der Waals surface area contributed by atoms with Gasteiger partial charge in [0.05, 0.1) is 25.5 Å². The molecule has 0 saturated heterocycles. The number of carbonyl (C=O) groups excluding carboxylic acids is 1. The first kappa shape index (κ1) is 16.4. The average molecular weight is 328 g/mol. The summed E-state index contributed by atoms with van der Waals surface area (Å²) in [6, 6.07) is 8.01. The number of hydrogen-bond donors (Lipinski definition) is 2. The van der Waals surface area contributed by atoms with Crippen LogP contribution in [-0.4, -0.2) is 29.0 Å². The number of aromatic nitrogens is 2. The maximum Gasteiger partial charge on any atom is 0.319 e. The number of methoxy groups -OCH3 is 1. The number of nitrogens with zero attached hydrogens (tertiary/aromatic N) is 2. The molecule has 0 spiro atoms. The average Bonchev–Trinajstić information content (AvgIpc) is 3.02. The summed E-state index contributed by atoms with van der Waals surface area (Å²) in [7, 11) is 1.65.